The van der Waals surface area contributed by atoms with Crippen molar-refractivity contribution in [1.29, 1.82) is 0 Å². The van der Waals surface area contributed by atoms with Gasteiger partial charge in [0.15, 0.2) is 11.5 Å². The Morgan fingerprint density at radius 2 is 2.17 bits per heavy atom. The Labute approximate surface area is 209 Å². The molecule has 0 bridgehead atoms. The third-order valence-electron chi connectivity index (χ3n) is 4.64. The zero-order valence-electron chi connectivity index (χ0n) is 36.8. The molecule has 3 rings (SSSR count). The first-order valence-corrected chi connectivity index (χ1v) is 9.26. The highest BCUT2D eigenvalue weighted by atomic mass is 16.5. The highest BCUT2D eigenvalue weighted by Crippen LogP contribution is 2.44. The Morgan fingerprint density at radius 3 is 2.83 bits per heavy atom. The van der Waals surface area contributed by atoms with Crippen LogP contribution in [0.2, 0.25) is 0 Å². The molecule has 6 nitrogen and oxygen atoms in total. The molecule has 0 radical (unpaired) electrons. The van der Waals surface area contributed by atoms with Gasteiger partial charge in [0, 0.05) is 46.4 Å². The second-order valence-electron chi connectivity index (χ2n) is 7.22. The standard InChI is InChI=1S/C24H38N2O4/c1-14(2)9-17-13-26-8-7-16-10-21(28-5)22(29-6)11-18(16)19(26)12-20(17)30-24(27)23(25)15(3)4/h10-11,14-15,17,19-20,23H,7-9,12-13,25H2,1-6H3/t17?,19?,20?,23-/m0/s1/i1D3,5D3,6D3,9D2,10D,11D,12D2,13D2,14D,17D,19D/t14?,17?,19?,20?,23-. The van der Waals surface area contributed by atoms with Crippen LogP contribution in [0.25, 0.3) is 0 Å². The van der Waals surface area contributed by atoms with Crippen molar-refractivity contribution in [3.63, 3.8) is 0 Å². The number of benzene rings is 1. The van der Waals surface area contributed by atoms with E-state index in [9.17, 15) is 13.0 Å². The van der Waals surface area contributed by atoms with Gasteiger partial charge in [-0.05, 0) is 47.8 Å². The van der Waals surface area contributed by atoms with Crippen LogP contribution in [0.15, 0.2) is 12.1 Å². The van der Waals surface area contributed by atoms with Crippen molar-refractivity contribution in [2.24, 2.45) is 23.4 Å². The van der Waals surface area contributed by atoms with E-state index in [1.54, 1.807) is 0 Å². The fraction of sp³-hybridized carbons (Fsp3) is 0.708. The van der Waals surface area contributed by atoms with Crippen molar-refractivity contribution in [2.75, 3.05) is 27.1 Å². The highest BCUT2D eigenvalue weighted by Gasteiger charge is 2.41. The number of esters is 1. The highest BCUT2D eigenvalue weighted by molar-refractivity contribution is 5.76. The van der Waals surface area contributed by atoms with Crippen LogP contribution in [0.4, 0.5) is 0 Å². The molecule has 2 N–H and O–H groups in total. The van der Waals surface area contributed by atoms with E-state index in [4.69, 9.17) is 39.1 Å². The zero-order chi connectivity index (χ0) is 39.4. The molecule has 1 fully saturated rings. The maximum atomic E-state index is 13.3. The van der Waals surface area contributed by atoms with Gasteiger partial charge in [0.2, 0.25) is 0 Å². The number of carbonyl (C=O) groups is 1. The summed E-state index contributed by atoms with van der Waals surface area (Å²) in [6, 6.07) is -7.32. The van der Waals surface area contributed by atoms with E-state index in [1.807, 2.05) is 0 Å². The first kappa shape index (κ1) is 8.28. The number of nitrogens with two attached hydrogens (primary N) is 1. The molecule has 6 heteroatoms. The van der Waals surface area contributed by atoms with Crippen molar-refractivity contribution in [3.05, 3.63) is 23.2 Å². The average Bonchev–Trinajstić information content (AvgIpc) is 2.92. The second-order valence-corrected chi connectivity index (χ2v) is 7.22. The number of piperidine rings is 1. The predicted molar refractivity (Wildman–Crippen MR) is 118 cm³/mol. The lowest BCUT2D eigenvalue weighted by atomic mass is 9.79. The summed E-state index contributed by atoms with van der Waals surface area (Å²) in [5.74, 6) is -12.0. The van der Waals surface area contributed by atoms with Gasteiger partial charge in [0.1, 0.15) is 12.1 Å². The second kappa shape index (κ2) is 9.56. The molecule has 1 saturated heterocycles. The molecular weight excluding hydrogens is 380 g/mol. The van der Waals surface area contributed by atoms with Gasteiger partial charge in [-0.25, -0.2) is 0 Å². The zero-order valence-corrected chi connectivity index (χ0v) is 16.8. The van der Waals surface area contributed by atoms with Crippen LogP contribution in [0.5, 0.6) is 11.5 Å². The van der Waals surface area contributed by atoms with Gasteiger partial charge in [-0.15, -0.1) is 0 Å². The van der Waals surface area contributed by atoms with E-state index in [0.29, 0.717) is 6.92 Å². The van der Waals surface area contributed by atoms with Gasteiger partial charge in [0.25, 0.3) is 0 Å². The summed E-state index contributed by atoms with van der Waals surface area (Å²) in [4.78, 5) is 13.6. The topological polar surface area (TPSA) is 74.0 Å². The minimum absolute atomic E-state index is 0.246. The van der Waals surface area contributed by atoms with Crippen molar-refractivity contribution < 1.29 is 46.4 Å². The molecule has 0 aromatic heterocycles. The number of hydrogen-bond donors (Lipinski definition) is 1. The lowest BCUT2D eigenvalue weighted by Crippen LogP contribution is -2.51. The molecule has 2 aliphatic rings. The summed E-state index contributed by atoms with van der Waals surface area (Å²) in [5.41, 5.74) is 4.39. The van der Waals surface area contributed by atoms with Crippen molar-refractivity contribution in [2.45, 2.75) is 65.0 Å². The SMILES string of the molecule is [2H]c1c2c(c([2H])c(OC([2H])([2H])[2H])c1OC([2H])([2H])[2H])C1([2H])N(CC2)C([2H])([2H])C([2H])(C([2H])([2H])C([2H])(C)C([2H])([2H])[2H])C(OC(=O)[C@@H](N)C(C)C)C1([2H])[2H]. The van der Waals surface area contributed by atoms with Crippen molar-refractivity contribution >= 4 is 5.97 Å². The number of fused-ring (bicyclic) bond motifs is 3. The molecule has 168 valence electrons. The Morgan fingerprint density at radius 1 is 1.43 bits per heavy atom. The van der Waals surface area contributed by atoms with E-state index in [0.717, 1.165) is 0 Å². The van der Waals surface area contributed by atoms with Gasteiger partial charge in [-0.3, -0.25) is 9.69 Å². The van der Waals surface area contributed by atoms with Gasteiger partial charge < -0.3 is 19.9 Å². The first-order chi connectivity index (χ1) is 22.0. The summed E-state index contributed by atoms with van der Waals surface area (Å²) in [7, 11) is -6.81. The van der Waals surface area contributed by atoms with Gasteiger partial charge >= 0.3 is 5.97 Å². The summed E-state index contributed by atoms with van der Waals surface area (Å²) < 4.78 is 184. The quantitative estimate of drug-likeness (QED) is 0.656. The van der Waals surface area contributed by atoms with Crippen LogP contribution in [-0.2, 0) is 16.0 Å². The van der Waals surface area contributed by atoms with Crippen LogP contribution in [-0.4, -0.2) is 50.1 Å². The number of hydrogen-bond acceptors (Lipinski definition) is 6. The van der Waals surface area contributed by atoms with Crippen LogP contribution in [0, 0.1) is 17.7 Å². The molecule has 0 aliphatic carbocycles. The fourth-order valence-electron chi connectivity index (χ4n) is 3.02. The molecule has 4 unspecified atom stereocenters. The molecule has 1 aromatic rings. The monoisotopic (exact) mass is 438 g/mol. The Hall–Kier alpha value is -1.79. The third kappa shape index (κ3) is 4.75. The van der Waals surface area contributed by atoms with E-state index in [2.05, 4.69) is 0 Å². The number of ether oxygens (including phenoxy) is 3. The van der Waals surface area contributed by atoms with E-state index < -0.39 is 130 Å². The van der Waals surface area contributed by atoms with E-state index >= 15 is 0 Å². The minimum Gasteiger partial charge on any atom is -0.493 e. The van der Waals surface area contributed by atoms with Crippen LogP contribution >= 0.6 is 0 Å². The maximum absolute atomic E-state index is 13.3. The Kier molecular flexibility index (Phi) is 2.64. The molecule has 1 aromatic carbocycles. The lowest BCUT2D eigenvalue weighted by Gasteiger charge is -2.47. The van der Waals surface area contributed by atoms with Crippen molar-refractivity contribution in [3.8, 4) is 11.5 Å². The number of carbonyl (C=O) groups excluding carboxylic acids is 1. The smallest absolute Gasteiger partial charge is 0.323 e. The molecule has 2 aliphatic heterocycles. The van der Waals surface area contributed by atoms with Gasteiger partial charge in [0.05, 0.1) is 26.4 Å². The van der Waals surface area contributed by atoms with E-state index in [1.165, 1.54) is 13.8 Å². The molecule has 0 saturated carbocycles. The lowest BCUT2D eigenvalue weighted by molar-refractivity contribution is -0.160. The number of methoxy groups -OCH3 is 2. The largest absolute Gasteiger partial charge is 0.493 e. The van der Waals surface area contributed by atoms with Crippen LogP contribution in [0.1, 0.15) is 84.9 Å². The maximum Gasteiger partial charge on any atom is 0.323 e. The summed E-state index contributed by atoms with van der Waals surface area (Å²) in [6.07, 6.45) is -11.5. The molecule has 5 atom stereocenters. The van der Waals surface area contributed by atoms with Gasteiger partial charge in [-0.2, -0.15) is 0 Å². The third-order valence-corrected chi connectivity index (χ3v) is 4.64. The molecular formula is C24H38N2O4. The van der Waals surface area contributed by atoms with E-state index in [-0.39, 0.29) is 4.90 Å². The first-order valence-electron chi connectivity index (χ1n) is 19.3. The average molecular weight is 439 g/mol. The molecule has 30 heavy (non-hydrogen) atoms. The molecule has 0 spiro atoms. The Bertz CT molecular complexity index is 1510. The molecule has 0 amide bonds. The summed E-state index contributed by atoms with van der Waals surface area (Å²) in [5, 5.41) is 0. The van der Waals surface area contributed by atoms with Gasteiger partial charge in [-0.1, -0.05) is 27.6 Å². The summed E-state index contributed by atoms with van der Waals surface area (Å²) in [6.45, 7) is -4.88. The van der Waals surface area contributed by atoms with Crippen LogP contribution < -0.4 is 15.2 Å². The minimum atomic E-state index is -3.96. The normalized spacial score (nSPS) is 46.6. The number of rotatable bonds is 7. The van der Waals surface area contributed by atoms with Crippen LogP contribution in [0.3, 0.4) is 0 Å². The van der Waals surface area contributed by atoms with Crippen molar-refractivity contribution in [1.82, 2.24) is 4.90 Å². The fourth-order valence-corrected chi connectivity index (χ4v) is 3.02. The summed E-state index contributed by atoms with van der Waals surface area (Å²) >= 11 is 0. The Balaban J connectivity index is 2.58. The molecule has 2 heterocycles. The predicted octanol–water partition coefficient (Wildman–Crippen LogP) is 3.56. The number of nitrogens with zero attached hydrogens (tertiary/aromatic N) is 1.